The third-order valence-corrected chi connectivity index (χ3v) is 3.19. The van der Waals surface area contributed by atoms with Gasteiger partial charge in [-0.05, 0) is 42.6 Å². The van der Waals surface area contributed by atoms with Gasteiger partial charge in [0.1, 0.15) is 0 Å². The molecule has 0 unspecified atom stereocenters. The van der Waals surface area contributed by atoms with E-state index in [2.05, 4.69) is 34.9 Å². The lowest BCUT2D eigenvalue weighted by molar-refractivity contribution is 0.0154. The van der Waals surface area contributed by atoms with Gasteiger partial charge in [0.15, 0.2) is 0 Å². The van der Waals surface area contributed by atoms with Gasteiger partial charge >= 0.3 is 0 Å². The van der Waals surface area contributed by atoms with E-state index in [9.17, 15) is 0 Å². The standard InChI is InChI=1S/C10H17BrN2O/c1-10(2,14-4)6-5-9-8(11)7-12-13(9)3/h7H,5-6H2,1-4H3. The quantitative estimate of drug-likeness (QED) is 0.832. The molecule has 80 valence electrons. The fourth-order valence-corrected chi connectivity index (χ4v) is 1.79. The average molecular weight is 261 g/mol. The second kappa shape index (κ2) is 4.45. The molecule has 0 radical (unpaired) electrons. The van der Waals surface area contributed by atoms with Crippen LogP contribution in [-0.4, -0.2) is 22.5 Å². The molecule has 1 aromatic rings. The smallest absolute Gasteiger partial charge is 0.0635 e. The van der Waals surface area contributed by atoms with E-state index in [0.717, 1.165) is 17.3 Å². The fraction of sp³-hybridized carbons (Fsp3) is 0.700. The van der Waals surface area contributed by atoms with Crippen molar-refractivity contribution in [3.8, 4) is 0 Å². The maximum atomic E-state index is 5.37. The van der Waals surface area contributed by atoms with Crippen molar-refractivity contribution in [2.75, 3.05) is 7.11 Å². The van der Waals surface area contributed by atoms with Crippen LogP contribution >= 0.6 is 15.9 Å². The van der Waals surface area contributed by atoms with Crippen molar-refractivity contribution < 1.29 is 4.74 Å². The normalized spacial score (nSPS) is 12.1. The lowest BCUT2D eigenvalue weighted by atomic mass is 10.0. The molecule has 0 saturated carbocycles. The molecule has 4 heteroatoms. The van der Waals surface area contributed by atoms with Crippen LogP contribution in [0.2, 0.25) is 0 Å². The van der Waals surface area contributed by atoms with Gasteiger partial charge in [-0.3, -0.25) is 4.68 Å². The van der Waals surface area contributed by atoms with Gasteiger partial charge in [0.2, 0.25) is 0 Å². The molecule has 1 aromatic heterocycles. The number of methoxy groups -OCH3 is 1. The largest absolute Gasteiger partial charge is 0.379 e. The highest BCUT2D eigenvalue weighted by Crippen LogP contribution is 2.21. The molecule has 1 heterocycles. The number of aryl methyl sites for hydroxylation is 1. The van der Waals surface area contributed by atoms with Gasteiger partial charge in [0.05, 0.1) is 22.0 Å². The van der Waals surface area contributed by atoms with Crippen LogP contribution in [0.3, 0.4) is 0 Å². The molecule has 0 saturated heterocycles. The molecular weight excluding hydrogens is 244 g/mol. The molecule has 0 bridgehead atoms. The van der Waals surface area contributed by atoms with Crippen molar-refractivity contribution in [1.29, 1.82) is 0 Å². The summed E-state index contributed by atoms with van der Waals surface area (Å²) < 4.78 is 8.35. The summed E-state index contributed by atoms with van der Waals surface area (Å²) in [5, 5.41) is 4.17. The first kappa shape index (κ1) is 11.7. The Bertz CT molecular complexity index is 288. The van der Waals surface area contributed by atoms with Gasteiger partial charge in [-0.2, -0.15) is 5.10 Å². The van der Waals surface area contributed by atoms with E-state index in [0.29, 0.717) is 0 Å². The molecule has 0 aliphatic rings. The van der Waals surface area contributed by atoms with E-state index < -0.39 is 0 Å². The number of hydrogen-bond donors (Lipinski definition) is 0. The second-order valence-electron chi connectivity index (χ2n) is 4.03. The Hall–Kier alpha value is -0.350. The molecular formula is C10H17BrN2O. The van der Waals surface area contributed by atoms with Crippen molar-refractivity contribution in [2.45, 2.75) is 32.3 Å². The first-order valence-electron chi connectivity index (χ1n) is 4.68. The Morgan fingerprint density at radius 2 is 2.21 bits per heavy atom. The second-order valence-corrected chi connectivity index (χ2v) is 4.88. The van der Waals surface area contributed by atoms with Crippen LogP contribution in [-0.2, 0) is 18.2 Å². The van der Waals surface area contributed by atoms with Crippen LogP contribution in [0, 0.1) is 0 Å². The van der Waals surface area contributed by atoms with E-state index in [-0.39, 0.29) is 5.60 Å². The predicted molar refractivity (Wildman–Crippen MR) is 60.3 cm³/mol. The molecule has 0 aliphatic carbocycles. The minimum atomic E-state index is -0.0658. The minimum Gasteiger partial charge on any atom is -0.379 e. The minimum absolute atomic E-state index is 0.0658. The van der Waals surface area contributed by atoms with Gasteiger partial charge in [0, 0.05) is 14.2 Å². The maximum Gasteiger partial charge on any atom is 0.0635 e. The average Bonchev–Trinajstić information content (AvgIpc) is 2.44. The van der Waals surface area contributed by atoms with Crippen LogP contribution in [0.5, 0.6) is 0 Å². The molecule has 0 fully saturated rings. The number of aromatic nitrogens is 2. The van der Waals surface area contributed by atoms with Crippen LogP contribution < -0.4 is 0 Å². The van der Waals surface area contributed by atoms with Gasteiger partial charge in [-0.25, -0.2) is 0 Å². The van der Waals surface area contributed by atoms with Crippen molar-refractivity contribution in [3.63, 3.8) is 0 Å². The zero-order valence-corrected chi connectivity index (χ0v) is 10.8. The molecule has 0 amide bonds. The van der Waals surface area contributed by atoms with Crippen molar-refractivity contribution in [3.05, 3.63) is 16.4 Å². The molecule has 14 heavy (non-hydrogen) atoms. The van der Waals surface area contributed by atoms with Crippen molar-refractivity contribution in [2.24, 2.45) is 7.05 Å². The van der Waals surface area contributed by atoms with Gasteiger partial charge in [0.25, 0.3) is 0 Å². The topological polar surface area (TPSA) is 27.1 Å². The number of rotatable bonds is 4. The number of ether oxygens (including phenoxy) is 1. The summed E-state index contributed by atoms with van der Waals surface area (Å²) in [6.45, 7) is 4.19. The summed E-state index contributed by atoms with van der Waals surface area (Å²) in [5.41, 5.74) is 1.15. The summed E-state index contributed by atoms with van der Waals surface area (Å²) >= 11 is 3.48. The van der Waals surface area contributed by atoms with Crippen molar-refractivity contribution in [1.82, 2.24) is 9.78 Å². The monoisotopic (exact) mass is 260 g/mol. The molecule has 0 N–H and O–H groups in total. The van der Waals surface area contributed by atoms with Crippen molar-refractivity contribution >= 4 is 15.9 Å². The van der Waals surface area contributed by atoms with E-state index >= 15 is 0 Å². The third kappa shape index (κ3) is 2.82. The lowest BCUT2D eigenvalue weighted by Crippen LogP contribution is -2.23. The Balaban J connectivity index is 2.62. The number of halogens is 1. The summed E-state index contributed by atoms with van der Waals surface area (Å²) in [6, 6.07) is 0. The zero-order chi connectivity index (χ0) is 10.8. The SMILES string of the molecule is COC(C)(C)CCc1c(Br)cnn1C. The molecule has 0 spiro atoms. The van der Waals surface area contributed by atoms with E-state index in [1.54, 1.807) is 7.11 Å². The maximum absolute atomic E-state index is 5.37. The van der Waals surface area contributed by atoms with Crippen LogP contribution in [0.15, 0.2) is 10.7 Å². The summed E-state index contributed by atoms with van der Waals surface area (Å²) in [6.07, 6.45) is 3.79. The van der Waals surface area contributed by atoms with E-state index in [4.69, 9.17) is 4.74 Å². The Labute approximate surface area is 93.6 Å². The van der Waals surface area contributed by atoms with Crippen LogP contribution in [0.1, 0.15) is 26.0 Å². The number of hydrogen-bond acceptors (Lipinski definition) is 2. The first-order chi connectivity index (χ1) is 6.46. The third-order valence-electron chi connectivity index (χ3n) is 2.53. The molecule has 1 rings (SSSR count). The van der Waals surface area contributed by atoms with Crippen LogP contribution in [0.4, 0.5) is 0 Å². The highest BCUT2D eigenvalue weighted by atomic mass is 79.9. The highest BCUT2D eigenvalue weighted by Gasteiger charge is 2.17. The fourth-order valence-electron chi connectivity index (χ4n) is 1.24. The molecule has 0 atom stereocenters. The summed E-state index contributed by atoms with van der Waals surface area (Å²) in [4.78, 5) is 0. The molecule has 3 nitrogen and oxygen atoms in total. The highest BCUT2D eigenvalue weighted by molar-refractivity contribution is 9.10. The van der Waals surface area contributed by atoms with Gasteiger partial charge < -0.3 is 4.74 Å². The zero-order valence-electron chi connectivity index (χ0n) is 9.17. The van der Waals surface area contributed by atoms with Gasteiger partial charge in [-0.15, -0.1) is 0 Å². The van der Waals surface area contributed by atoms with E-state index in [1.165, 1.54) is 5.69 Å². The van der Waals surface area contributed by atoms with E-state index in [1.807, 2.05) is 17.9 Å². The summed E-state index contributed by atoms with van der Waals surface area (Å²) in [5.74, 6) is 0. The van der Waals surface area contributed by atoms with Crippen LogP contribution in [0.25, 0.3) is 0 Å². The number of nitrogens with zero attached hydrogens (tertiary/aromatic N) is 2. The molecule has 0 aromatic carbocycles. The molecule has 0 aliphatic heterocycles. The Kier molecular flexibility index (Phi) is 3.72. The Morgan fingerprint density at radius 3 is 2.64 bits per heavy atom. The lowest BCUT2D eigenvalue weighted by Gasteiger charge is -2.22. The Morgan fingerprint density at radius 1 is 1.57 bits per heavy atom. The summed E-state index contributed by atoms with van der Waals surface area (Å²) in [7, 11) is 3.71. The van der Waals surface area contributed by atoms with Gasteiger partial charge in [-0.1, -0.05) is 0 Å². The first-order valence-corrected chi connectivity index (χ1v) is 5.47. The predicted octanol–water partition coefficient (Wildman–Crippen LogP) is 2.54.